The molecule has 0 aromatic heterocycles. The van der Waals surface area contributed by atoms with Crippen LogP contribution >= 0.6 is 24.0 Å². The van der Waals surface area contributed by atoms with Crippen molar-refractivity contribution in [2.45, 2.75) is 38.1 Å². The van der Waals surface area contributed by atoms with Gasteiger partial charge in [0.1, 0.15) is 12.4 Å². The minimum Gasteiger partial charge on any atom is -0.490 e. The number of ether oxygens (including phenoxy) is 2. The summed E-state index contributed by atoms with van der Waals surface area (Å²) >= 11 is 6.24. The van der Waals surface area contributed by atoms with Crippen molar-refractivity contribution >= 4 is 35.6 Å². The number of hydrogen-bond donors (Lipinski definition) is 2. The van der Waals surface area contributed by atoms with Gasteiger partial charge in [0.25, 0.3) is 0 Å². The molecule has 2 fully saturated rings. The maximum Gasteiger partial charge on any atom is 0.227 e. The summed E-state index contributed by atoms with van der Waals surface area (Å²) in [6.07, 6.45) is 5.35. The Bertz CT molecular complexity index is 600. The highest BCUT2D eigenvalue weighted by molar-refractivity contribution is 6.32. The van der Waals surface area contributed by atoms with Gasteiger partial charge >= 0.3 is 0 Å². The largest absolute Gasteiger partial charge is 0.490 e. The van der Waals surface area contributed by atoms with Gasteiger partial charge in [0.05, 0.1) is 11.6 Å². The third-order valence-corrected chi connectivity index (χ3v) is 5.82. The van der Waals surface area contributed by atoms with Gasteiger partial charge in [0, 0.05) is 24.8 Å². The standard InChI is InChI=1S/C19H27ClN2O3.ClH/c1-24-7-8-25-17-6-5-15(11-16(17)20)22-19(23)14-9-12-3-2-4-13(10-14)18(12)21;/h5-6,11-14,18H,2-4,7-10,21H2,1H3,(H,22,23);1H. The molecule has 3 rings (SSSR count). The van der Waals surface area contributed by atoms with Crippen LogP contribution in [0.1, 0.15) is 32.1 Å². The van der Waals surface area contributed by atoms with Crippen LogP contribution in [0.25, 0.3) is 0 Å². The zero-order valence-electron chi connectivity index (χ0n) is 15.1. The molecule has 2 aliphatic rings. The maximum atomic E-state index is 12.7. The fraction of sp³-hybridized carbons (Fsp3) is 0.632. The maximum absolute atomic E-state index is 12.7. The number of halogens is 2. The summed E-state index contributed by atoms with van der Waals surface area (Å²) in [6.45, 7) is 0.938. The molecule has 5 nitrogen and oxygen atoms in total. The summed E-state index contributed by atoms with van der Waals surface area (Å²) in [7, 11) is 1.62. The van der Waals surface area contributed by atoms with Gasteiger partial charge < -0.3 is 20.5 Å². The molecule has 146 valence electrons. The molecule has 0 saturated heterocycles. The van der Waals surface area contributed by atoms with E-state index in [1.807, 2.05) is 6.07 Å². The van der Waals surface area contributed by atoms with Crippen molar-refractivity contribution in [1.29, 1.82) is 0 Å². The SMILES string of the molecule is COCCOc1ccc(NC(=O)C2CC3CCCC(C2)C3N)cc1Cl.Cl. The van der Waals surface area contributed by atoms with Gasteiger partial charge in [-0.25, -0.2) is 0 Å². The Morgan fingerprint density at radius 3 is 2.58 bits per heavy atom. The molecule has 0 radical (unpaired) electrons. The molecular formula is C19H28Cl2N2O3. The van der Waals surface area contributed by atoms with Crippen LogP contribution in [-0.4, -0.2) is 32.3 Å². The summed E-state index contributed by atoms with van der Waals surface area (Å²) < 4.78 is 10.5. The van der Waals surface area contributed by atoms with Gasteiger partial charge in [-0.2, -0.15) is 0 Å². The normalized spacial score (nSPS) is 27.3. The van der Waals surface area contributed by atoms with Crippen molar-refractivity contribution in [3.8, 4) is 5.75 Å². The first-order valence-electron chi connectivity index (χ1n) is 9.06. The third kappa shape index (κ3) is 5.03. The molecule has 2 bridgehead atoms. The third-order valence-electron chi connectivity index (χ3n) is 5.53. The number of fused-ring (bicyclic) bond motifs is 2. The van der Waals surface area contributed by atoms with Gasteiger partial charge in [0.15, 0.2) is 0 Å². The Morgan fingerprint density at radius 2 is 1.96 bits per heavy atom. The van der Waals surface area contributed by atoms with Crippen LogP contribution in [0.4, 0.5) is 5.69 Å². The molecule has 0 spiro atoms. The van der Waals surface area contributed by atoms with Crippen LogP contribution in [-0.2, 0) is 9.53 Å². The highest BCUT2D eigenvalue weighted by atomic mass is 35.5. The lowest BCUT2D eigenvalue weighted by Crippen LogP contribution is -2.48. The average Bonchev–Trinajstić information content (AvgIpc) is 2.56. The summed E-state index contributed by atoms with van der Waals surface area (Å²) in [5.74, 6) is 1.70. The van der Waals surface area contributed by atoms with E-state index in [1.54, 1.807) is 19.2 Å². The van der Waals surface area contributed by atoms with Gasteiger partial charge in [0.2, 0.25) is 5.91 Å². The Hall–Kier alpha value is -1.01. The van der Waals surface area contributed by atoms with E-state index < -0.39 is 0 Å². The first kappa shape index (κ1) is 21.3. The molecule has 26 heavy (non-hydrogen) atoms. The second kappa shape index (κ2) is 9.79. The quantitative estimate of drug-likeness (QED) is 0.707. The summed E-state index contributed by atoms with van der Waals surface area (Å²) in [5.41, 5.74) is 7.02. The lowest BCUT2D eigenvalue weighted by molar-refractivity contribution is -0.122. The number of anilines is 1. The van der Waals surface area contributed by atoms with E-state index >= 15 is 0 Å². The summed E-state index contributed by atoms with van der Waals surface area (Å²) in [4.78, 5) is 12.7. The number of nitrogens with two attached hydrogens (primary N) is 1. The van der Waals surface area contributed by atoms with E-state index in [9.17, 15) is 4.79 Å². The van der Waals surface area contributed by atoms with Crippen LogP contribution in [0.2, 0.25) is 5.02 Å². The van der Waals surface area contributed by atoms with Crippen molar-refractivity contribution in [3.05, 3.63) is 23.2 Å². The second-order valence-electron chi connectivity index (χ2n) is 7.17. The number of amides is 1. The number of nitrogens with one attached hydrogen (secondary N) is 1. The van der Waals surface area contributed by atoms with Crippen molar-refractivity contribution < 1.29 is 14.3 Å². The smallest absolute Gasteiger partial charge is 0.227 e. The molecule has 2 atom stereocenters. The zero-order valence-corrected chi connectivity index (χ0v) is 16.7. The lowest BCUT2D eigenvalue weighted by atomic mass is 9.65. The van der Waals surface area contributed by atoms with E-state index in [2.05, 4.69) is 5.32 Å². The Labute approximate surface area is 166 Å². The van der Waals surface area contributed by atoms with Crippen LogP contribution in [0.5, 0.6) is 5.75 Å². The Balaban J connectivity index is 0.00000243. The number of hydrogen-bond acceptors (Lipinski definition) is 4. The number of carbonyl (C=O) groups is 1. The van der Waals surface area contributed by atoms with E-state index in [4.69, 9.17) is 26.8 Å². The minimum absolute atomic E-state index is 0. The summed E-state index contributed by atoms with van der Waals surface area (Å²) in [6, 6.07) is 5.60. The fourth-order valence-corrected chi connectivity index (χ4v) is 4.41. The molecule has 1 aromatic rings. The molecule has 3 N–H and O–H groups in total. The van der Waals surface area contributed by atoms with Crippen molar-refractivity contribution in [2.75, 3.05) is 25.6 Å². The van der Waals surface area contributed by atoms with Crippen LogP contribution in [0.3, 0.4) is 0 Å². The lowest BCUT2D eigenvalue weighted by Gasteiger charge is -2.43. The van der Waals surface area contributed by atoms with Crippen molar-refractivity contribution in [2.24, 2.45) is 23.5 Å². The topological polar surface area (TPSA) is 73.6 Å². The molecule has 1 aromatic carbocycles. The Morgan fingerprint density at radius 1 is 1.27 bits per heavy atom. The molecule has 2 aliphatic carbocycles. The van der Waals surface area contributed by atoms with E-state index in [1.165, 1.54) is 6.42 Å². The molecule has 0 heterocycles. The number of carbonyl (C=O) groups excluding carboxylic acids is 1. The highest BCUT2D eigenvalue weighted by Gasteiger charge is 2.40. The number of methoxy groups -OCH3 is 1. The summed E-state index contributed by atoms with van der Waals surface area (Å²) in [5, 5.41) is 3.49. The predicted molar refractivity (Wildman–Crippen MR) is 106 cm³/mol. The zero-order chi connectivity index (χ0) is 17.8. The second-order valence-corrected chi connectivity index (χ2v) is 7.58. The molecule has 2 saturated carbocycles. The van der Waals surface area contributed by atoms with Crippen molar-refractivity contribution in [3.63, 3.8) is 0 Å². The first-order valence-corrected chi connectivity index (χ1v) is 9.44. The Kier molecular flexibility index (Phi) is 8.02. The van der Waals surface area contributed by atoms with Gasteiger partial charge in [-0.05, 0) is 55.7 Å². The number of rotatable bonds is 6. The minimum atomic E-state index is 0. The van der Waals surface area contributed by atoms with E-state index in [-0.39, 0.29) is 30.3 Å². The molecule has 0 aliphatic heterocycles. The van der Waals surface area contributed by atoms with Gasteiger partial charge in [-0.3, -0.25) is 4.79 Å². The van der Waals surface area contributed by atoms with E-state index in [0.717, 1.165) is 25.7 Å². The monoisotopic (exact) mass is 402 g/mol. The van der Waals surface area contributed by atoms with E-state index in [0.29, 0.717) is 41.5 Å². The fourth-order valence-electron chi connectivity index (χ4n) is 4.18. The molecular weight excluding hydrogens is 375 g/mol. The van der Waals surface area contributed by atoms with Crippen LogP contribution in [0.15, 0.2) is 18.2 Å². The van der Waals surface area contributed by atoms with Crippen LogP contribution in [0, 0.1) is 17.8 Å². The first-order chi connectivity index (χ1) is 12.1. The molecule has 2 unspecified atom stereocenters. The number of benzene rings is 1. The predicted octanol–water partition coefficient (Wildman–Crippen LogP) is 3.88. The molecule has 1 amide bonds. The van der Waals surface area contributed by atoms with Crippen LogP contribution < -0.4 is 15.8 Å². The average molecular weight is 403 g/mol. The van der Waals surface area contributed by atoms with Gasteiger partial charge in [-0.15, -0.1) is 12.4 Å². The van der Waals surface area contributed by atoms with Gasteiger partial charge in [-0.1, -0.05) is 18.0 Å². The van der Waals surface area contributed by atoms with Crippen molar-refractivity contribution in [1.82, 2.24) is 0 Å². The highest BCUT2D eigenvalue weighted by Crippen LogP contribution is 2.42. The molecule has 7 heteroatoms.